The van der Waals surface area contributed by atoms with Crippen molar-refractivity contribution in [1.29, 1.82) is 0 Å². The van der Waals surface area contributed by atoms with Crippen molar-refractivity contribution < 1.29 is 4.74 Å². The first-order valence-electron chi connectivity index (χ1n) is 5.41. The third-order valence-corrected chi connectivity index (χ3v) is 2.81. The molecule has 0 fully saturated rings. The maximum Gasteiger partial charge on any atom is 0.143 e. The van der Waals surface area contributed by atoms with Gasteiger partial charge in [-0.1, -0.05) is 11.6 Å². The van der Waals surface area contributed by atoms with Gasteiger partial charge in [0.25, 0.3) is 0 Å². The Kier molecular flexibility index (Phi) is 5.43. The summed E-state index contributed by atoms with van der Waals surface area (Å²) in [5, 5.41) is 7.19. The summed E-state index contributed by atoms with van der Waals surface area (Å²) in [6.07, 6.45) is 1.07. The molecule has 0 aromatic heterocycles. The molecule has 16 heavy (non-hydrogen) atoms. The summed E-state index contributed by atoms with van der Waals surface area (Å²) in [5.74, 6) is 0.792. The molecule has 4 heteroatoms. The van der Waals surface area contributed by atoms with E-state index in [9.17, 15) is 0 Å². The molecule has 0 unspecified atom stereocenters. The second-order valence-corrected chi connectivity index (χ2v) is 4.09. The zero-order chi connectivity index (χ0) is 12.0. The molecule has 0 radical (unpaired) electrons. The molecule has 1 aromatic rings. The van der Waals surface area contributed by atoms with Gasteiger partial charge in [-0.15, -0.1) is 0 Å². The second kappa shape index (κ2) is 6.61. The Morgan fingerprint density at radius 1 is 1.31 bits per heavy atom. The first-order valence-corrected chi connectivity index (χ1v) is 5.79. The molecule has 3 nitrogen and oxygen atoms in total. The van der Waals surface area contributed by atoms with Gasteiger partial charge < -0.3 is 15.4 Å². The van der Waals surface area contributed by atoms with Crippen LogP contribution in [0.25, 0.3) is 0 Å². The van der Waals surface area contributed by atoms with Gasteiger partial charge in [0.05, 0.1) is 12.8 Å². The van der Waals surface area contributed by atoms with E-state index in [2.05, 4.69) is 10.6 Å². The highest BCUT2D eigenvalue weighted by Crippen LogP contribution is 2.30. The normalized spacial score (nSPS) is 10.2. The lowest BCUT2D eigenvalue weighted by molar-refractivity contribution is 0.416. The van der Waals surface area contributed by atoms with Crippen LogP contribution in [0.5, 0.6) is 5.75 Å². The molecule has 0 saturated carbocycles. The van der Waals surface area contributed by atoms with E-state index >= 15 is 0 Å². The summed E-state index contributed by atoms with van der Waals surface area (Å²) in [7, 11) is 3.60. The number of rotatable bonds is 6. The molecule has 2 N–H and O–H groups in total. The largest absolute Gasteiger partial charge is 0.495 e. The molecule has 0 amide bonds. The predicted molar refractivity (Wildman–Crippen MR) is 69.8 cm³/mol. The molecule has 0 spiro atoms. The number of methoxy groups -OCH3 is 1. The lowest BCUT2D eigenvalue weighted by Gasteiger charge is -2.13. The van der Waals surface area contributed by atoms with Crippen LogP contribution in [0.4, 0.5) is 5.69 Å². The van der Waals surface area contributed by atoms with Crippen LogP contribution >= 0.6 is 11.6 Å². The Morgan fingerprint density at radius 3 is 2.69 bits per heavy atom. The highest BCUT2D eigenvalue weighted by molar-refractivity contribution is 6.31. The minimum Gasteiger partial charge on any atom is -0.495 e. The van der Waals surface area contributed by atoms with Crippen LogP contribution in [-0.4, -0.2) is 27.2 Å². The van der Waals surface area contributed by atoms with Crippen molar-refractivity contribution in [3.8, 4) is 5.75 Å². The highest BCUT2D eigenvalue weighted by Gasteiger charge is 2.05. The molecular weight excluding hydrogens is 224 g/mol. The number of hydrogen-bond acceptors (Lipinski definition) is 3. The van der Waals surface area contributed by atoms with E-state index in [1.807, 2.05) is 26.1 Å². The number of anilines is 1. The Balaban J connectivity index is 2.66. The minimum atomic E-state index is 0.734. The number of benzene rings is 1. The van der Waals surface area contributed by atoms with Crippen molar-refractivity contribution >= 4 is 17.3 Å². The second-order valence-electron chi connectivity index (χ2n) is 3.69. The number of halogens is 1. The summed E-state index contributed by atoms with van der Waals surface area (Å²) in [4.78, 5) is 0. The van der Waals surface area contributed by atoms with Crippen LogP contribution in [0, 0.1) is 6.92 Å². The van der Waals surface area contributed by atoms with E-state index in [0.717, 1.165) is 41.5 Å². The maximum atomic E-state index is 6.03. The van der Waals surface area contributed by atoms with E-state index in [4.69, 9.17) is 16.3 Å². The number of nitrogens with one attached hydrogen (secondary N) is 2. The monoisotopic (exact) mass is 242 g/mol. The Hall–Kier alpha value is -0.930. The average molecular weight is 243 g/mol. The van der Waals surface area contributed by atoms with Gasteiger partial charge in [-0.2, -0.15) is 0 Å². The van der Waals surface area contributed by atoms with Gasteiger partial charge in [-0.05, 0) is 38.6 Å². The van der Waals surface area contributed by atoms with E-state index in [1.165, 1.54) is 0 Å². The van der Waals surface area contributed by atoms with E-state index in [-0.39, 0.29) is 0 Å². The van der Waals surface area contributed by atoms with E-state index < -0.39 is 0 Å². The van der Waals surface area contributed by atoms with Crippen molar-refractivity contribution in [2.45, 2.75) is 13.3 Å². The minimum absolute atomic E-state index is 0.734. The third kappa shape index (κ3) is 3.58. The smallest absolute Gasteiger partial charge is 0.143 e. The summed E-state index contributed by atoms with van der Waals surface area (Å²) in [6, 6.07) is 3.86. The van der Waals surface area contributed by atoms with Crippen LogP contribution in [0.1, 0.15) is 12.0 Å². The van der Waals surface area contributed by atoms with Crippen molar-refractivity contribution in [3.63, 3.8) is 0 Å². The van der Waals surface area contributed by atoms with E-state index in [0.29, 0.717) is 0 Å². The summed E-state index contributed by atoms with van der Waals surface area (Å²) in [5.41, 5.74) is 2.05. The Bertz CT molecular complexity index is 342. The molecule has 0 bridgehead atoms. The zero-order valence-corrected chi connectivity index (χ0v) is 10.8. The fraction of sp³-hybridized carbons (Fsp3) is 0.500. The summed E-state index contributed by atoms with van der Waals surface area (Å²) >= 11 is 6.03. The summed E-state index contributed by atoms with van der Waals surface area (Å²) < 4.78 is 5.28. The number of hydrogen-bond donors (Lipinski definition) is 2. The Morgan fingerprint density at radius 2 is 2.06 bits per heavy atom. The molecule has 1 rings (SSSR count). The molecule has 1 aromatic carbocycles. The van der Waals surface area contributed by atoms with Crippen LogP contribution in [0.2, 0.25) is 5.02 Å². The quantitative estimate of drug-likeness (QED) is 0.753. The average Bonchev–Trinajstić information content (AvgIpc) is 2.28. The lowest BCUT2D eigenvalue weighted by atomic mass is 10.2. The van der Waals surface area contributed by atoms with Crippen molar-refractivity contribution in [1.82, 2.24) is 5.32 Å². The lowest BCUT2D eigenvalue weighted by Crippen LogP contribution is -2.13. The van der Waals surface area contributed by atoms with Crippen molar-refractivity contribution in [3.05, 3.63) is 22.7 Å². The summed E-state index contributed by atoms with van der Waals surface area (Å²) in [6.45, 7) is 3.90. The molecule has 90 valence electrons. The molecule has 0 saturated heterocycles. The molecule has 0 atom stereocenters. The van der Waals surface area contributed by atoms with Gasteiger partial charge in [0.1, 0.15) is 5.75 Å². The standard InChI is InChI=1S/C12H19ClN2O/c1-9-7-11(15-6-4-5-14-2)12(16-3)8-10(9)13/h7-8,14-15H,4-6H2,1-3H3. The van der Waals surface area contributed by atoms with E-state index in [1.54, 1.807) is 7.11 Å². The van der Waals surface area contributed by atoms with Gasteiger partial charge in [-0.25, -0.2) is 0 Å². The highest BCUT2D eigenvalue weighted by atomic mass is 35.5. The zero-order valence-electron chi connectivity index (χ0n) is 10.1. The van der Waals surface area contributed by atoms with Crippen LogP contribution < -0.4 is 15.4 Å². The SMILES string of the molecule is CNCCCNc1cc(C)c(Cl)cc1OC. The van der Waals surface area contributed by atoms with Gasteiger partial charge in [0.15, 0.2) is 0 Å². The van der Waals surface area contributed by atoms with Crippen LogP contribution in [0.15, 0.2) is 12.1 Å². The topological polar surface area (TPSA) is 33.3 Å². The fourth-order valence-electron chi connectivity index (χ4n) is 1.46. The van der Waals surface area contributed by atoms with Gasteiger partial charge in [-0.3, -0.25) is 0 Å². The Labute approximate surface area is 102 Å². The maximum absolute atomic E-state index is 6.03. The van der Waals surface area contributed by atoms with Crippen molar-refractivity contribution in [2.24, 2.45) is 0 Å². The van der Waals surface area contributed by atoms with Crippen LogP contribution in [-0.2, 0) is 0 Å². The van der Waals surface area contributed by atoms with Gasteiger partial charge in [0.2, 0.25) is 0 Å². The molecule has 0 heterocycles. The van der Waals surface area contributed by atoms with Gasteiger partial charge >= 0.3 is 0 Å². The number of aryl methyl sites for hydroxylation is 1. The number of ether oxygens (including phenoxy) is 1. The molecule has 0 aliphatic carbocycles. The molecule has 0 aliphatic rings. The van der Waals surface area contributed by atoms with Gasteiger partial charge in [0, 0.05) is 17.6 Å². The van der Waals surface area contributed by atoms with Crippen molar-refractivity contribution in [2.75, 3.05) is 32.6 Å². The predicted octanol–water partition coefficient (Wildman–Crippen LogP) is 2.68. The fourth-order valence-corrected chi connectivity index (χ4v) is 1.61. The molecule has 0 aliphatic heterocycles. The molecular formula is C12H19ClN2O. The third-order valence-electron chi connectivity index (χ3n) is 2.40. The first-order chi connectivity index (χ1) is 7.69. The van der Waals surface area contributed by atoms with Crippen LogP contribution in [0.3, 0.4) is 0 Å². The first kappa shape index (κ1) is 13.1.